The van der Waals surface area contributed by atoms with Gasteiger partial charge in [-0.3, -0.25) is 9.59 Å². The van der Waals surface area contributed by atoms with Crippen LogP contribution in [-0.4, -0.2) is 39.3 Å². The van der Waals surface area contributed by atoms with E-state index in [1.807, 2.05) is 42.5 Å². The molecule has 12 heteroatoms. The molecule has 0 fully saturated rings. The summed E-state index contributed by atoms with van der Waals surface area (Å²) in [5.74, 6) is -0.410. The molecule has 36 heavy (non-hydrogen) atoms. The first-order chi connectivity index (χ1) is 16.9. The summed E-state index contributed by atoms with van der Waals surface area (Å²) < 4.78 is 9.14. The Labute approximate surface area is 262 Å². The quantitative estimate of drug-likeness (QED) is 0.193. The summed E-state index contributed by atoms with van der Waals surface area (Å²) in [5, 5.41) is 27.3. The molecule has 192 valence electrons. The van der Waals surface area contributed by atoms with Crippen molar-refractivity contribution in [1.82, 2.24) is 0 Å². The maximum Gasteiger partial charge on any atom is 0.320 e. The topological polar surface area (TPSA) is 156 Å². The molecule has 0 aliphatic rings. The zero-order chi connectivity index (χ0) is 27.0. The van der Waals surface area contributed by atoms with Crippen molar-refractivity contribution < 1.29 is 29.6 Å². The van der Waals surface area contributed by atoms with Gasteiger partial charge in [0.25, 0.3) is 0 Å². The number of hydrogen-bond acceptors (Lipinski definition) is 6. The van der Waals surface area contributed by atoms with E-state index >= 15 is 0 Å². The van der Waals surface area contributed by atoms with E-state index in [-0.39, 0.29) is 12.2 Å². The van der Waals surface area contributed by atoms with Gasteiger partial charge in [-0.05, 0) is 139 Å². The molecule has 0 amide bonds. The van der Waals surface area contributed by atoms with E-state index in [9.17, 15) is 14.7 Å². The summed E-state index contributed by atoms with van der Waals surface area (Å²) in [5.41, 5.74) is 12.7. The van der Waals surface area contributed by atoms with Crippen LogP contribution in [0.25, 0.3) is 0 Å². The number of carbonyl (C=O) groups is 2. The Balaban J connectivity index is 0.000000319. The predicted octanol–water partition coefficient (Wildman–Crippen LogP) is 5.20. The summed E-state index contributed by atoms with van der Waals surface area (Å²) in [7, 11) is 0. The Morgan fingerprint density at radius 3 is 1.64 bits per heavy atom. The zero-order valence-corrected chi connectivity index (χ0v) is 27.1. The van der Waals surface area contributed by atoms with Crippen molar-refractivity contribution in [2.45, 2.75) is 24.9 Å². The van der Waals surface area contributed by atoms with Crippen LogP contribution >= 0.6 is 90.4 Å². The molecule has 8 nitrogen and oxygen atoms in total. The molecule has 2 unspecified atom stereocenters. The molecule has 0 aliphatic carbocycles. The summed E-state index contributed by atoms with van der Waals surface area (Å²) in [6, 6.07) is 14.9. The molecule has 3 rings (SSSR count). The number of rotatable bonds is 8. The van der Waals surface area contributed by atoms with E-state index in [2.05, 4.69) is 90.4 Å². The highest BCUT2D eigenvalue weighted by Crippen LogP contribution is 2.36. The minimum absolute atomic E-state index is 0.242. The molecule has 0 saturated carbocycles. The average Bonchev–Trinajstić information content (AvgIpc) is 2.80. The molecular formula is C24H22I4N2O6. The molecule has 0 saturated heterocycles. The number of benzene rings is 3. The van der Waals surface area contributed by atoms with Crippen LogP contribution in [0.1, 0.15) is 11.1 Å². The Morgan fingerprint density at radius 2 is 1.19 bits per heavy atom. The number of phenols is 1. The molecular weight excluding hydrogens is 920 g/mol. The van der Waals surface area contributed by atoms with Crippen molar-refractivity contribution in [3.63, 3.8) is 0 Å². The monoisotopic (exact) mass is 942 g/mol. The number of phenolic OH excluding ortho intramolecular Hbond substituents is 1. The number of aliphatic carboxylic acids is 2. The third-order valence-electron chi connectivity index (χ3n) is 4.66. The lowest BCUT2D eigenvalue weighted by molar-refractivity contribution is -0.139. The van der Waals surface area contributed by atoms with Gasteiger partial charge in [-0.15, -0.1) is 0 Å². The largest absolute Gasteiger partial charge is 0.506 e. The average molecular weight is 942 g/mol. The third kappa shape index (κ3) is 9.73. The highest BCUT2D eigenvalue weighted by molar-refractivity contribution is 14.1. The van der Waals surface area contributed by atoms with Crippen molar-refractivity contribution in [2.75, 3.05) is 0 Å². The van der Waals surface area contributed by atoms with Gasteiger partial charge in [0, 0.05) is 0 Å². The second kappa shape index (κ2) is 14.8. The molecule has 2 atom stereocenters. The molecule has 3 aromatic carbocycles. The maximum absolute atomic E-state index is 10.9. The molecule has 0 bridgehead atoms. The SMILES string of the molecule is NC(Cc1cc(I)c(Oc2cc(I)c(O)c(I)c2)c(I)c1)C(=O)O.NC(Cc1ccccc1)C(=O)O. The lowest BCUT2D eigenvalue weighted by atomic mass is 10.1. The molecule has 0 spiro atoms. The van der Waals surface area contributed by atoms with Gasteiger partial charge < -0.3 is 31.5 Å². The van der Waals surface area contributed by atoms with Gasteiger partial charge in [0.15, 0.2) is 5.75 Å². The van der Waals surface area contributed by atoms with Gasteiger partial charge in [-0.2, -0.15) is 0 Å². The van der Waals surface area contributed by atoms with E-state index in [4.69, 9.17) is 26.4 Å². The standard InChI is InChI=1S/C15H11I4NO4.C9H11NO2/c16-8-4-7(5-9(17)13(8)21)24-14-10(18)1-6(2-11(14)19)3-12(20)15(22)23;10-8(9(11)12)6-7-4-2-1-3-5-7/h1-2,4-5,12,21H,3,20H2,(H,22,23);1-5,8H,6,10H2,(H,11,12). The zero-order valence-electron chi connectivity index (χ0n) is 18.5. The second-order valence-electron chi connectivity index (χ2n) is 7.51. The molecule has 0 radical (unpaired) electrons. The number of carboxylic acid groups (broad SMARTS) is 2. The number of halogens is 4. The van der Waals surface area contributed by atoms with E-state index < -0.39 is 24.0 Å². The maximum atomic E-state index is 10.9. The summed E-state index contributed by atoms with van der Waals surface area (Å²) in [6.45, 7) is 0. The Kier molecular flexibility index (Phi) is 12.9. The van der Waals surface area contributed by atoms with Crippen LogP contribution in [-0.2, 0) is 22.4 Å². The van der Waals surface area contributed by atoms with Gasteiger partial charge in [-0.25, -0.2) is 0 Å². The van der Waals surface area contributed by atoms with Gasteiger partial charge in [0.2, 0.25) is 0 Å². The molecule has 7 N–H and O–H groups in total. The highest BCUT2D eigenvalue weighted by atomic mass is 127. The Hall–Kier alpha value is -0.960. The first-order valence-electron chi connectivity index (χ1n) is 10.2. The van der Waals surface area contributed by atoms with Crippen molar-refractivity contribution in [3.05, 3.63) is 80.0 Å². The summed E-state index contributed by atoms with van der Waals surface area (Å²) in [6.07, 6.45) is 0.646. The van der Waals surface area contributed by atoms with Crippen molar-refractivity contribution in [3.8, 4) is 17.2 Å². The van der Waals surface area contributed by atoms with Gasteiger partial charge in [0.05, 0.1) is 14.3 Å². The number of hydrogen-bond donors (Lipinski definition) is 5. The third-order valence-corrected chi connectivity index (χ3v) is 7.90. The second-order valence-corrected chi connectivity index (χ2v) is 12.2. The predicted molar refractivity (Wildman–Crippen MR) is 171 cm³/mol. The highest BCUT2D eigenvalue weighted by Gasteiger charge is 2.17. The number of nitrogens with two attached hydrogens (primary N) is 2. The van der Waals surface area contributed by atoms with E-state index in [1.54, 1.807) is 12.1 Å². The van der Waals surface area contributed by atoms with E-state index in [0.717, 1.165) is 18.3 Å². The number of carboxylic acids is 2. The molecule has 0 heterocycles. The fourth-order valence-corrected chi connectivity index (χ4v) is 6.67. The fraction of sp³-hybridized carbons (Fsp3) is 0.167. The molecule has 0 aromatic heterocycles. The van der Waals surface area contributed by atoms with Gasteiger partial charge in [-0.1, -0.05) is 30.3 Å². The molecule has 3 aromatic rings. The lowest BCUT2D eigenvalue weighted by Crippen LogP contribution is -2.32. The van der Waals surface area contributed by atoms with Crippen LogP contribution in [0.5, 0.6) is 17.2 Å². The van der Waals surface area contributed by atoms with Gasteiger partial charge in [0.1, 0.15) is 23.6 Å². The number of aromatic hydroxyl groups is 1. The van der Waals surface area contributed by atoms with Crippen LogP contribution in [0.2, 0.25) is 0 Å². The van der Waals surface area contributed by atoms with Crippen molar-refractivity contribution in [1.29, 1.82) is 0 Å². The van der Waals surface area contributed by atoms with Crippen molar-refractivity contribution in [2.24, 2.45) is 11.5 Å². The van der Waals surface area contributed by atoms with Gasteiger partial charge >= 0.3 is 11.9 Å². The summed E-state index contributed by atoms with van der Waals surface area (Å²) in [4.78, 5) is 21.3. The Bertz CT molecular complexity index is 1180. The van der Waals surface area contributed by atoms with E-state index in [1.165, 1.54) is 0 Å². The summed E-state index contributed by atoms with van der Waals surface area (Å²) >= 11 is 8.42. The number of ether oxygens (including phenoxy) is 1. The van der Waals surface area contributed by atoms with E-state index in [0.29, 0.717) is 25.1 Å². The normalized spacial score (nSPS) is 12.2. The molecule has 0 aliphatic heterocycles. The minimum atomic E-state index is -1.02. The lowest BCUT2D eigenvalue weighted by Gasteiger charge is -2.14. The van der Waals surface area contributed by atoms with Crippen molar-refractivity contribution >= 4 is 102 Å². The minimum Gasteiger partial charge on any atom is -0.506 e. The first-order valence-corrected chi connectivity index (χ1v) is 14.5. The Morgan fingerprint density at radius 1 is 0.750 bits per heavy atom. The van der Waals surface area contributed by atoms with Crippen LogP contribution in [0.4, 0.5) is 0 Å². The van der Waals surface area contributed by atoms with Crippen LogP contribution < -0.4 is 16.2 Å². The van der Waals surface area contributed by atoms with Crippen LogP contribution in [0, 0.1) is 14.3 Å². The first kappa shape index (κ1) is 31.3. The fourth-order valence-electron chi connectivity index (χ4n) is 2.84. The van der Waals surface area contributed by atoms with Crippen LogP contribution in [0.3, 0.4) is 0 Å². The smallest absolute Gasteiger partial charge is 0.320 e. The van der Waals surface area contributed by atoms with Crippen LogP contribution in [0.15, 0.2) is 54.6 Å².